The molecule has 3 N–H and O–H groups in total. The van der Waals surface area contributed by atoms with Gasteiger partial charge in [-0.3, -0.25) is 5.01 Å². The Morgan fingerprint density at radius 3 is 2.93 bits per heavy atom. The fourth-order valence-electron chi connectivity index (χ4n) is 1.32. The molecule has 2 rings (SSSR count). The summed E-state index contributed by atoms with van der Waals surface area (Å²) < 4.78 is 0. The van der Waals surface area contributed by atoms with Gasteiger partial charge in [0.1, 0.15) is 17.0 Å². The van der Waals surface area contributed by atoms with Gasteiger partial charge in [-0.2, -0.15) is 0 Å². The van der Waals surface area contributed by atoms with E-state index in [4.69, 9.17) is 12.2 Å². The zero-order valence-electron chi connectivity index (χ0n) is 7.98. The number of aliphatic hydroxyl groups excluding tert-OH is 1. The number of hydrazine groups is 2. The zero-order valence-corrected chi connectivity index (χ0v) is 8.80. The summed E-state index contributed by atoms with van der Waals surface area (Å²) in [5.74, 6) is 0.830. The Balaban J connectivity index is 2.22. The van der Waals surface area contributed by atoms with Crippen molar-refractivity contribution in [3.8, 4) is 0 Å². The fourth-order valence-corrected chi connectivity index (χ4v) is 1.64. The van der Waals surface area contributed by atoms with Crippen molar-refractivity contribution in [1.29, 1.82) is 0 Å². The molecule has 0 fully saturated rings. The minimum absolute atomic E-state index is 0.599. The lowest BCUT2D eigenvalue weighted by Crippen LogP contribution is -2.48. The zero-order chi connectivity index (χ0) is 10.3. The summed E-state index contributed by atoms with van der Waals surface area (Å²) in [5.41, 5.74) is 3.93. The van der Waals surface area contributed by atoms with Crippen molar-refractivity contribution >= 4 is 17.2 Å². The predicted molar refractivity (Wildman–Crippen MR) is 56.1 cm³/mol. The van der Waals surface area contributed by atoms with Crippen molar-refractivity contribution in [3.05, 3.63) is 23.8 Å². The Kier molecular flexibility index (Phi) is 2.18. The lowest BCUT2D eigenvalue weighted by Gasteiger charge is -2.28. The lowest BCUT2D eigenvalue weighted by molar-refractivity contribution is 0.000379. The van der Waals surface area contributed by atoms with Crippen molar-refractivity contribution in [2.45, 2.75) is 20.1 Å². The van der Waals surface area contributed by atoms with Crippen LogP contribution in [0.4, 0.5) is 0 Å². The van der Waals surface area contributed by atoms with E-state index in [0.717, 1.165) is 11.5 Å². The summed E-state index contributed by atoms with van der Waals surface area (Å²) in [5, 5.41) is 15.8. The molecule has 1 atom stereocenters. The molecule has 2 aliphatic heterocycles. The number of thiocarbonyl (C=S) groups is 1. The van der Waals surface area contributed by atoms with Gasteiger partial charge in [0.2, 0.25) is 0 Å². The van der Waals surface area contributed by atoms with Gasteiger partial charge in [-0.15, -0.1) is 5.53 Å². The Hall–Kier alpha value is -1.11. The highest BCUT2D eigenvalue weighted by Gasteiger charge is 2.27. The van der Waals surface area contributed by atoms with E-state index in [9.17, 15) is 5.11 Å². The first-order valence-corrected chi connectivity index (χ1v) is 4.72. The van der Waals surface area contributed by atoms with E-state index >= 15 is 0 Å². The average Bonchev–Trinajstić information content (AvgIpc) is 2.47. The molecule has 5 nitrogen and oxygen atoms in total. The quantitative estimate of drug-likeness (QED) is 0.532. The van der Waals surface area contributed by atoms with E-state index in [2.05, 4.69) is 10.9 Å². The fraction of sp³-hybridized carbons (Fsp3) is 0.375. The maximum Gasteiger partial charge on any atom is 0.145 e. The normalized spacial score (nSPS) is 22.6. The van der Waals surface area contributed by atoms with Crippen molar-refractivity contribution in [3.63, 3.8) is 0 Å². The second-order valence-corrected chi connectivity index (χ2v) is 3.70. The van der Waals surface area contributed by atoms with Crippen LogP contribution in [-0.2, 0) is 0 Å². The molecule has 0 aliphatic carbocycles. The van der Waals surface area contributed by atoms with E-state index in [1.54, 1.807) is 23.1 Å². The van der Waals surface area contributed by atoms with Gasteiger partial charge in [0.15, 0.2) is 0 Å². The molecule has 1 unspecified atom stereocenters. The molecule has 0 aromatic carbocycles. The largest absolute Gasteiger partial charge is 0.372 e. The molecule has 0 radical (unpaired) electrons. The van der Waals surface area contributed by atoms with Crippen LogP contribution in [0.1, 0.15) is 13.8 Å². The molecule has 0 bridgehead atoms. The molecule has 6 heteroatoms. The number of aliphatic hydroxyl groups is 1. The molecular weight excluding hydrogens is 200 g/mol. The first-order valence-electron chi connectivity index (χ1n) is 4.32. The topological polar surface area (TPSA) is 50.8 Å². The summed E-state index contributed by atoms with van der Waals surface area (Å²) in [7, 11) is 0. The molecule has 2 heterocycles. The van der Waals surface area contributed by atoms with Gasteiger partial charge in [0.05, 0.1) is 6.20 Å². The van der Waals surface area contributed by atoms with Gasteiger partial charge >= 0.3 is 0 Å². The van der Waals surface area contributed by atoms with Crippen molar-refractivity contribution in [1.82, 2.24) is 20.9 Å². The number of hydrogen-bond acceptors (Lipinski definition) is 5. The van der Waals surface area contributed by atoms with E-state index in [1.165, 1.54) is 0 Å². The first-order chi connectivity index (χ1) is 6.58. The summed E-state index contributed by atoms with van der Waals surface area (Å²) in [6.45, 7) is 3.61. The Bertz CT molecular complexity index is 336. The SMILES string of the molecule is CC1=CC(=S)N2NN(C(C)O)C=C2N1. The summed E-state index contributed by atoms with van der Waals surface area (Å²) in [6, 6.07) is 0. The Morgan fingerprint density at radius 2 is 2.29 bits per heavy atom. The van der Waals surface area contributed by atoms with Crippen molar-refractivity contribution in [2.24, 2.45) is 0 Å². The minimum Gasteiger partial charge on any atom is -0.372 e. The molecule has 2 aliphatic rings. The molecule has 0 spiro atoms. The van der Waals surface area contributed by atoms with Crippen LogP contribution in [0.15, 0.2) is 23.8 Å². The molecule has 14 heavy (non-hydrogen) atoms. The van der Waals surface area contributed by atoms with Crippen molar-refractivity contribution in [2.75, 3.05) is 0 Å². The van der Waals surface area contributed by atoms with Crippen LogP contribution in [0, 0.1) is 0 Å². The van der Waals surface area contributed by atoms with Gasteiger partial charge < -0.3 is 10.4 Å². The molecular formula is C8H12N4OS. The monoisotopic (exact) mass is 212 g/mol. The molecule has 0 saturated carbocycles. The van der Waals surface area contributed by atoms with E-state index in [-0.39, 0.29) is 0 Å². The summed E-state index contributed by atoms with van der Waals surface area (Å²) >= 11 is 5.16. The molecule has 0 aromatic rings. The van der Waals surface area contributed by atoms with Crippen LogP contribution >= 0.6 is 12.2 Å². The van der Waals surface area contributed by atoms with Gasteiger partial charge in [-0.1, -0.05) is 12.2 Å². The van der Waals surface area contributed by atoms with Crippen LogP contribution in [0.3, 0.4) is 0 Å². The summed E-state index contributed by atoms with van der Waals surface area (Å²) in [4.78, 5) is 0.677. The van der Waals surface area contributed by atoms with Crippen LogP contribution in [0.2, 0.25) is 0 Å². The standard InChI is InChI=1S/C8H12N4OS/c1-5-3-8(14)12-7(9-5)4-11(10-12)6(2)13/h3-4,6,9-10,13H,1-2H3. The molecule has 76 valence electrons. The van der Waals surface area contributed by atoms with Crippen LogP contribution in [-0.4, -0.2) is 26.3 Å². The second-order valence-electron chi connectivity index (χ2n) is 3.28. The third-order valence-electron chi connectivity index (χ3n) is 2.01. The number of nitrogens with one attached hydrogen (secondary N) is 2. The Labute approximate surface area is 87.6 Å². The highest BCUT2D eigenvalue weighted by atomic mass is 32.1. The number of allylic oxidation sites excluding steroid dienone is 1. The van der Waals surface area contributed by atoms with Gasteiger partial charge in [0.25, 0.3) is 0 Å². The summed E-state index contributed by atoms with van der Waals surface area (Å²) in [6.07, 6.45) is 3.02. The van der Waals surface area contributed by atoms with Gasteiger partial charge in [-0.05, 0) is 19.9 Å². The highest BCUT2D eigenvalue weighted by Crippen LogP contribution is 2.17. The third-order valence-corrected chi connectivity index (χ3v) is 2.31. The average molecular weight is 212 g/mol. The van der Waals surface area contributed by atoms with Gasteiger partial charge in [-0.25, -0.2) is 5.01 Å². The lowest BCUT2D eigenvalue weighted by atomic mass is 10.3. The number of nitrogens with zero attached hydrogens (tertiary/aromatic N) is 2. The first kappa shape index (κ1) is 9.45. The van der Waals surface area contributed by atoms with Gasteiger partial charge in [0, 0.05) is 5.70 Å². The van der Waals surface area contributed by atoms with E-state index < -0.39 is 6.23 Å². The van der Waals surface area contributed by atoms with Crippen LogP contribution in [0.25, 0.3) is 0 Å². The predicted octanol–water partition coefficient (Wildman–Crippen LogP) is -0.00480. The van der Waals surface area contributed by atoms with Crippen LogP contribution in [0.5, 0.6) is 0 Å². The van der Waals surface area contributed by atoms with E-state index in [1.807, 2.05) is 13.0 Å². The minimum atomic E-state index is -0.599. The number of rotatable bonds is 1. The highest BCUT2D eigenvalue weighted by molar-refractivity contribution is 7.80. The van der Waals surface area contributed by atoms with Crippen LogP contribution < -0.4 is 10.9 Å². The second kappa shape index (κ2) is 3.23. The Morgan fingerprint density at radius 1 is 1.57 bits per heavy atom. The molecule has 0 aromatic heterocycles. The van der Waals surface area contributed by atoms with E-state index in [0.29, 0.717) is 4.99 Å². The third kappa shape index (κ3) is 1.47. The molecule has 0 saturated heterocycles. The maximum atomic E-state index is 9.36. The van der Waals surface area contributed by atoms with Crippen molar-refractivity contribution < 1.29 is 5.11 Å². The number of hydrogen-bond donors (Lipinski definition) is 3. The number of fused-ring (bicyclic) bond motifs is 1. The molecule has 0 amide bonds. The smallest absolute Gasteiger partial charge is 0.145 e. The maximum absolute atomic E-state index is 9.36.